The minimum absolute atomic E-state index is 0.257. The quantitative estimate of drug-likeness (QED) is 0.656. The van der Waals surface area contributed by atoms with Crippen LogP contribution in [-0.4, -0.2) is 32.2 Å². The Morgan fingerprint density at radius 1 is 1.04 bits per heavy atom. The van der Waals surface area contributed by atoms with Crippen LogP contribution >= 0.6 is 0 Å². The first-order valence-electron chi connectivity index (χ1n) is 6.94. The summed E-state index contributed by atoms with van der Waals surface area (Å²) in [4.78, 5) is 28.7. The van der Waals surface area contributed by atoms with Gasteiger partial charge in [-0.25, -0.2) is 0 Å². The lowest BCUT2D eigenvalue weighted by Gasteiger charge is -2.10. The summed E-state index contributed by atoms with van der Waals surface area (Å²) in [5, 5.41) is 8.95. The summed E-state index contributed by atoms with van der Waals surface area (Å²) in [6.07, 6.45) is 1.54. The summed E-state index contributed by atoms with van der Waals surface area (Å²) in [6, 6.07) is 13.7. The molecule has 0 heterocycles. The predicted octanol–water partition coefficient (Wildman–Crippen LogP) is 2.28. The van der Waals surface area contributed by atoms with Crippen molar-refractivity contribution in [3.05, 3.63) is 65.2 Å². The van der Waals surface area contributed by atoms with Gasteiger partial charge in [-0.3, -0.25) is 9.59 Å². The van der Waals surface area contributed by atoms with Crippen LogP contribution in [0.1, 0.15) is 26.3 Å². The summed E-state index contributed by atoms with van der Waals surface area (Å²) in [6.45, 7) is 0. The number of anilines is 1. The number of nitrogens with zero attached hydrogens (tertiary/aromatic N) is 1. The molecular weight excluding hydrogens is 294 g/mol. The van der Waals surface area contributed by atoms with Gasteiger partial charge in [0, 0.05) is 12.6 Å². The summed E-state index contributed by atoms with van der Waals surface area (Å²) in [5.74, 6) is -0.552. The van der Waals surface area contributed by atoms with Crippen molar-refractivity contribution < 1.29 is 14.4 Å². The molecule has 0 aliphatic rings. The van der Waals surface area contributed by atoms with Crippen LogP contribution in [0.4, 0.5) is 5.69 Å². The van der Waals surface area contributed by atoms with Crippen molar-refractivity contribution in [3.8, 4) is 0 Å². The van der Waals surface area contributed by atoms with Gasteiger partial charge in [0.15, 0.2) is 0 Å². The molecule has 0 atom stereocenters. The molecule has 0 saturated carbocycles. The Balaban J connectivity index is 2.16. The number of carbonyl (C=O) groups is 2. The zero-order valence-corrected chi connectivity index (χ0v) is 12.9. The van der Waals surface area contributed by atoms with Gasteiger partial charge in [0.05, 0.1) is 17.5 Å². The number of hydrogen-bond acceptors (Lipinski definition) is 4. The van der Waals surface area contributed by atoms with Crippen molar-refractivity contribution in [2.24, 2.45) is 5.16 Å². The maximum Gasteiger partial charge on any atom is 0.255 e. The third-order valence-electron chi connectivity index (χ3n) is 3.13. The van der Waals surface area contributed by atoms with Gasteiger partial charge in [-0.05, 0) is 29.8 Å². The van der Waals surface area contributed by atoms with Gasteiger partial charge in [-0.2, -0.15) is 0 Å². The third-order valence-corrected chi connectivity index (χ3v) is 3.13. The predicted molar refractivity (Wildman–Crippen MR) is 88.8 cm³/mol. The largest absolute Gasteiger partial charge is 0.399 e. The van der Waals surface area contributed by atoms with E-state index in [4.69, 9.17) is 0 Å². The van der Waals surface area contributed by atoms with Crippen molar-refractivity contribution in [2.45, 2.75) is 0 Å². The van der Waals surface area contributed by atoms with Crippen molar-refractivity contribution in [2.75, 3.05) is 19.5 Å². The minimum Gasteiger partial charge on any atom is -0.399 e. The number of benzene rings is 2. The van der Waals surface area contributed by atoms with E-state index >= 15 is 0 Å². The molecule has 2 N–H and O–H groups in total. The van der Waals surface area contributed by atoms with Crippen LogP contribution in [0.15, 0.2) is 53.7 Å². The first-order valence-corrected chi connectivity index (χ1v) is 6.94. The molecule has 0 aliphatic carbocycles. The lowest BCUT2D eigenvalue weighted by molar-refractivity contribution is 0.0964. The standard InChI is InChI=1S/C17H17N3O3/c1-18-17(22)14-5-3-4-6-15(14)20-16(21)13-9-7-12(8-10-13)11-19-23-2/h3-11H,1-2H3,(H,18,22)(H,20,21)/b19-11+. The highest BCUT2D eigenvalue weighted by Crippen LogP contribution is 2.16. The van der Waals surface area contributed by atoms with E-state index in [1.54, 1.807) is 61.8 Å². The van der Waals surface area contributed by atoms with Gasteiger partial charge < -0.3 is 15.5 Å². The fourth-order valence-corrected chi connectivity index (χ4v) is 1.95. The normalized spacial score (nSPS) is 10.3. The number of rotatable bonds is 5. The summed E-state index contributed by atoms with van der Waals surface area (Å²) in [5.41, 5.74) is 2.16. The molecule has 6 heteroatoms. The van der Waals surface area contributed by atoms with Crippen LogP contribution in [0, 0.1) is 0 Å². The van der Waals surface area contributed by atoms with E-state index in [1.807, 2.05) is 0 Å². The first kappa shape index (κ1) is 16.2. The topological polar surface area (TPSA) is 79.8 Å². The zero-order valence-electron chi connectivity index (χ0n) is 12.9. The molecule has 0 unspecified atom stereocenters. The Labute approximate surface area is 134 Å². The highest BCUT2D eigenvalue weighted by molar-refractivity contribution is 6.09. The summed E-state index contributed by atoms with van der Waals surface area (Å²) >= 11 is 0. The molecule has 2 rings (SSSR count). The van der Waals surface area contributed by atoms with Crippen LogP contribution in [0.5, 0.6) is 0 Å². The Hall–Kier alpha value is -3.15. The van der Waals surface area contributed by atoms with Gasteiger partial charge in [-0.15, -0.1) is 0 Å². The molecule has 0 fully saturated rings. The Morgan fingerprint density at radius 2 is 1.74 bits per heavy atom. The van der Waals surface area contributed by atoms with Crippen molar-refractivity contribution in [1.82, 2.24) is 5.32 Å². The lowest BCUT2D eigenvalue weighted by atomic mass is 10.1. The SMILES string of the molecule is CNC(=O)c1ccccc1NC(=O)c1ccc(/C=N/OC)cc1. The van der Waals surface area contributed by atoms with Crippen molar-refractivity contribution in [3.63, 3.8) is 0 Å². The highest BCUT2D eigenvalue weighted by atomic mass is 16.6. The second-order valence-corrected chi connectivity index (χ2v) is 4.62. The number of nitrogens with one attached hydrogen (secondary N) is 2. The van der Waals surface area contributed by atoms with E-state index in [2.05, 4.69) is 20.6 Å². The Kier molecular flexibility index (Phi) is 5.46. The second kappa shape index (κ2) is 7.74. The molecule has 0 spiro atoms. The molecule has 23 heavy (non-hydrogen) atoms. The number of carbonyl (C=O) groups excluding carboxylic acids is 2. The average molecular weight is 311 g/mol. The molecule has 118 valence electrons. The zero-order chi connectivity index (χ0) is 16.7. The average Bonchev–Trinajstić information content (AvgIpc) is 2.60. The lowest BCUT2D eigenvalue weighted by Crippen LogP contribution is -2.21. The Bertz CT molecular complexity index is 724. The fraction of sp³-hybridized carbons (Fsp3) is 0.118. The second-order valence-electron chi connectivity index (χ2n) is 4.62. The van der Waals surface area contributed by atoms with E-state index in [0.29, 0.717) is 16.8 Å². The summed E-state index contributed by atoms with van der Waals surface area (Å²) < 4.78 is 0. The minimum atomic E-state index is -0.295. The molecule has 0 aliphatic heterocycles. The van der Waals surface area contributed by atoms with Gasteiger partial charge in [0.2, 0.25) is 0 Å². The smallest absolute Gasteiger partial charge is 0.255 e. The van der Waals surface area contributed by atoms with Crippen molar-refractivity contribution >= 4 is 23.7 Å². The number of para-hydroxylation sites is 1. The van der Waals surface area contributed by atoms with Gasteiger partial charge in [0.1, 0.15) is 7.11 Å². The van der Waals surface area contributed by atoms with E-state index in [9.17, 15) is 9.59 Å². The Morgan fingerprint density at radius 3 is 2.39 bits per heavy atom. The van der Waals surface area contributed by atoms with Gasteiger partial charge >= 0.3 is 0 Å². The molecule has 0 radical (unpaired) electrons. The number of oxime groups is 1. The van der Waals surface area contributed by atoms with E-state index in [1.165, 1.54) is 7.11 Å². The summed E-state index contributed by atoms with van der Waals surface area (Å²) in [7, 11) is 3.00. The molecule has 0 bridgehead atoms. The van der Waals surface area contributed by atoms with Crippen LogP contribution in [0.3, 0.4) is 0 Å². The van der Waals surface area contributed by atoms with Crippen LogP contribution in [-0.2, 0) is 4.84 Å². The molecule has 2 amide bonds. The van der Waals surface area contributed by atoms with E-state index in [0.717, 1.165) is 5.56 Å². The third kappa shape index (κ3) is 4.16. The van der Waals surface area contributed by atoms with Crippen LogP contribution in [0.2, 0.25) is 0 Å². The molecular formula is C17H17N3O3. The monoisotopic (exact) mass is 311 g/mol. The molecule has 0 aromatic heterocycles. The van der Waals surface area contributed by atoms with Crippen molar-refractivity contribution in [1.29, 1.82) is 0 Å². The van der Waals surface area contributed by atoms with E-state index in [-0.39, 0.29) is 11.8 Å². The number of amides is 2. The molecule has 6 nitrogen and oxygen atoms in total. The molecule has 2 aromatic rings. The maximum atomic E-state index is 12.3. The van der Waals surface area contributed by atoms with Gasteiger partial charge in [-0.1, -0.05) is 29.4 Å². The molecule has 0 saturated heterocycles. The fourth-order valence-electron chi connectivity index (χ4n) is 1.95. The number of hydrogen-bond donors (Lipinski definition) is 2. The van der Waals surface area contributed by atoms with Crippen LogP contribution in [0.25, 0.3) is 0 Å². The van der Waals surface area contributed by atoms with E-state index < -0.39 is 0 Å². The molecule has 2 aromatic carbocycles. The van der Waals surface area contributed by atoms with Crippen LogP contribution < -0.4 is 10.6 Å². The maximum absolute atomic E-state index is 12.3. The first-order chi connectivity index (χ1) is 11.2. The highest BCUT2D eigenvalue weighted by Gasteiger charge is 2.12. The van der Waals surface area contributed by atoms with Gasteiger partial charge in [0.25, 0.3) is 11.8 Å².